The maximum atomic E-state index is 12.7. The van der Waals surface area contributed by atoms with Crippen molar-refractivity contribution < 1.29 is 9.53 Å². The monoisotopic (exact) mass is 352 g/mol. The topological polar surface area (TPSA) is 58.6 Å². The standard InChI is InChI=1S/C20H24N4O2/c25-19(18-4-2-8-22-14-18)24-11-12-26-20(16-24)5-9-23(10-6-20)15-17-3-1-7-21-13-17/h1-4,7-8,13-14H,5-6,9-12,15-16H2. The number of hydrogen-bond acceptors (Lipinski definition) is 5. The van der Waals surface area contributed by atoms with E-state index in [0.29, 0.717) is 25.3 Å². The largest absolute Gasteiger partial charge is 0.371 e. The summed E-state index contributed by atoms with van der Waals surface area (Å²) in [7, 11) is 0. The number of rotatable bonds is 3. The minimum atomic E-state index is -0.207. The second-order valence-electron chi connectivity index (χ2n) is 7.14. The number of likely N-dealkylation sites (tertiary alicyclic amines) is 1. The van der Waals surface area contributed by atoms with Crippen LogP contribution in [0.2, 0.25) is 0 Å². The Hall–Kier alpha value is -2.31. The normalized spacial score (nSPS) is 20.2. The van der Waals surface area contributed by atoms with Crippen molar-refractivity contribution in [1.29, 1.82) is 0 Å². The minimum Gasteiger partial charge on any atom is -0.371 e. The number of ether oxygens (including phenoxy) is 1. The Morgan fingerprint density at radius 1 is 1.08 bits per heavy atom. The fourth-order valence-corrected chi connectivity index (χ4v) is 3.86. The molecule has 2 aromatic heterocycles. The van der Waals surface area contributed by atoms with Gasteiger partial charge >= 0.3 is 0 Å². The van der Waals surface area contributed by atoms with Gasteiger partial charge in [-0.25, -0.2) is 0 Å². The molecule has 0 aromatic carbocycles. The van der Waals surface area contributed by atoms with Gasteiger partial charge in [0.2, 0.25) is 0 Å². The summed E-state index contributed by atoms with van der Waals surface area (Å²) >= 11 is 0. The molecular formula is C20H24N4O2. The lowest BCUT2D eigenvalue weighted by atomic mass is 9.89. The van der Waals surface area contributed by atoms with E-state index < -0.39 is 0 Å². The Labute approximate surface area is 153 Å². The van der Waals surface area contributed by atoms with Crippen LogP contribution in [-0.4, -0.2) is 64.1 Å². The van der Waals surface area contributed by atoms with Gasteiger partial charge in [-0.2, -0.15) is 0 Å². The molecule has 6 nitrogen and oxygen atoms in total. The van der Waals surface area contributed by atoms with Crippen molar-refractivity contribution in [2.75, 3.05) is 32.8 Å². The van der Waals surface area contributed by atoms with Crippen LogP contribution in [-0.2, 0) is 11.3 Å². The first kappa shape index (κ1) is 17.1. The molecule has 0 bridgehead atoms. The van der Waals surface area contributed by atoms with Crippen LogP contribution in [0, 0.1) is 0 Å². The fourth-order valence-electron chi connectivity index (χ4n) is 3.86. The van der Waals surface area contributed by atoms with E-state index in [0.717, 1.165) is 32.5 Å². The van der Waals surface area contributed by atoms with E-state index in [1.54, 1.807) is 24.7 Å². The Balaban J connectivity index is 1.37. The van der Waals surface area contributed by atoms with E-state index in [2.05, 4.69) is 20.9 Å². The summed E-state index contributed by atoms with van der Waals surface area (Å²) in [6.07, 6.45) is 8.96. The van der Waals surface area contributed by atoms with Crippen molar-refractivity contribution in [3.63, 3.8) is 0 Å². The minimum absolute atomic E-state index is 0.0542. The zero-order valence-corrected chi connectivity index (χ0v) is 14.9. The van der Waals surface area contributed by atoms with Crippen LogP contribution in [0.25, 0.3) is 0 Å². The van der Waals surface area contributed by atoms with Crippen molar-refractivity contribution in [3.05, 3.63) is 60.2 Å². The number of carbonyl (C=O) groups excluding carboxylic acids is 1. The lowest BCUT2D eigenvalue weighted by molar-refractivity contribution is -0.127. The zero-order chi connectivity index (χ0) is 17.8. The molecule has 2 aliphatic rings. The predicted molar refractivity (Wildman–Crippen MR) is 97.6 cm³/mol. The average Bonchev–Trinajstić information content (AvgIpc) is 2.71. The molecule has 0 saturated carbocycles. The molecule has 4 heterocycles. The number of carbonyl (C=O) groups is 1. The van der Waals surface area contributed by atoms with E-state index in [1.807, 2.05) is 23.2 Å². The molecule has 0 N–H and O–H groups in total. The van der Waals surface area contributed by atoms with Gasteiger partial charge in [0.05, 0.1) is 24.3 Å². The summed E-state index contributed by atoms with van der Waals surface area (Å²) in [6.45, 7) is 4.79. The van der Waals surface area contributed by atoms with Gasteiger partial charge in [0.25, 0.3) is 5.91 Å². The van der Waals surface area contributed by atoms with Crippen molar-refractivity contribution in [2.24, 2.45) is 0 Å². The second-order valence-corrected chi connectivity index (χ2v) is 7.14. The molecule has 0 atom stereocenters. The van der Waals surface area contributed by atoms with Crippen LogP contribution < -0.4 is 0 Å². The van der Waals surface area contributed by atoms with E-state index in [4.69, 9.17) is 4.74 Å². The van der Waals surface area contributed by atoms with Gasteiger partial charge in [-0.1, -0.05) is 6.07 Å². The van der Waals surface area contributed by atoms with Gasteiger partial charge in [-0.05, 0) is 36.6 Å². The molecular weight excluding hydrogens is 328 g/mol. The number of nitrogens with zero attached hydrogens (tertiary/aromatic N) is 4. The average molecular weight is 352 g/mol. The number of aromatic nitrogens is 2. The zero-order valence-electron chi connectivity index (χ0n) is 14.9. The molecule has 2 aliphatic heterocycles. The molecule has 0 aliphatic carbocycles. The van der Waals surface area contributed by atoms with Crippen molar-refractivity contribution in [1.82, 2.24) is 19.8 Å². The summed E-state index contributed by atoms with van der Waals surface area (Å²) in [5.74, 6) is 0.0542. The van der Waals surface area contributed by atoms with Gasteiger partial charge in [-0.3, -0.25) is 19.7 Å². The highest BCUT2D eigenvalue weighted by molar-refractivity contribution is 5.94. The highest BCUT2D eigenvalue weighted by Crippen LogP contribution is 2.31. The van der Waals surface area contributed by atoms with Crippen molar-refractivity contribution >= 4 is 5.91 Å². The first-order valence-electron chi connectivity index (χ1n) is 9.19. The van der Waals surface area contributed by atoms with Crippen LogP contribution in [0.3, 0.4) is 0 Å². The number of pyridine rings is 2. The quantitative estimate of drug-likeness (QED) is 0.845. The Bertz CT molecular complexity index is 730. The van der Waals surface area contributed by atoms with Crippen LogP contribution in [0.1, 0.15) is 28.8 Å². The predicted octanol–water partition coefficient (Wildman–Crippen LogP) is 1.98. The summed E-state index contributed by atoms with van der Waals surface area (Å²) < 4.78 is 6.17. The van der Waals surface area contributed by atoms with Crippen LogP contribution in [0.15, 0.2) is 49.1 Å². The summed E-state index contributed by atoms with van der Waals surface area (Å²) in [5.41, 5.74) is 1.68. The smallest absolute Gasteiger partial charge is 0.255 e. The van der Waals surface area contributed by atoms with E-state index in [-0.39, 0.29) is 11.5 Å². The molecule has 0 unspecified atom stereocenters. The lowest BCUT2D eigenvalue weighted by Crippen LogP contribution is -2.57. The molecule has 2 fully saturated rings. The molecule has 136 valence electrons. The molecule has 6 heteroatoms. The maximum absolute atomic E-state index is 12.7. The van der Waals surface area contributed by atoms with E-state index in [9.17, 15) is 4.79 Å². The molecule has 2 aromatic rings. The first-order chi connectivity index (χ1) is 12.7. The number of piperidine rings is 1. The SMILES string of the molecule is O=C(c1cccnc1)N1CCOC2(CCN(Cc3cccnc3)CC2)C1. The van der Waals surface area contributed by atoms with Crippen LogP contribution in [0.5, 0.6) is 0 Å². The van der Waals surface area contributed by atoms with E-state index in [1.165, 1.54) is 5.56 Å². The van der Waals surface area contributed by atoms with Crippen molar-refractivity contribution in [2.45, 2.75) is 25.0 Å². The first-order valence-corrected chi connectivity index (χ1v) is 9.19. The maximum Gasteiger partial charge on any atom is 0.255 e. The van der Waals surface area contributed by atoms with Gasteiger partial charge in [0.1, 0.15) is 0 Å². The molecule has 26 heavy (non-hydrogen) atoms. The number of amides is 1. The third-order valence-electron chi connectivity index (χ3n) is 5.34. The molecule has 1 spiro atoms. The van der Waals surface area contributed by atoms with Gasteiger partial charge in [0, 0.05) is 51.0 Å². The van der Waals surface area contributed by atoms with Gasteiger partial charge < -0.3 is 9.64 Å². The second kappa shape index (κ2) is 7.51. The third-order valence-corrected chi connectivity index (χ3v) is 5.34. The molecule has 2 saturated heterocycles. The third kappa shape index (κ3) is 3.76. The lowest BCUT2D eigenvalue weighted by Gasteiger charge is -2.47. The summed E-state index contributed by atoms with van der Waals surface area (Å²) in [5, 5.41) is 0. The summed E-state index contributed by atoms with van der Waals surface area (Å²) in [6, 6.07) is 7.73. The Morgan fingerprint density at radius 2 is 1.85 bits per heavy atom. The fraction of sp³-hybridized carbons (Fsp3) is 0.450. The highest BCUT2D eigenvalue weighted by atomic mass is 16.5. The Morgan fingerprint density at radius 3 is 2.54 bits per heavy atom. The number of hydrogen-bond donors (Lipinski definition) is 0. The van der Waals surface area contributed by atoms with Crippen LogP contribution >= 0.6 is 0 Å². The summed E-state index contributed by atoms with van der Waals surface area (Å²) in [4.78, 5) is 25.4. The molecule has 4 rings (SSSR count). The van der Waals surface area contributed by atoms with E-state index >= 15 is 0 Å². The molecule has 1 amide bonds. The highest BCUT2D eigenvalue weighted by Gasteiger charge is 2.41. The van der Waals surface area contributed by atoms with Gasteiger partial charge in [0.15, 0.2) is 0 Å². The number of morpholine rings is 1. The van der Waals surface area contributed by atoms with Crippen molar-refractivity contribution in [3.8, 4) is 0 Å². The van der Waals surface area contributed by atoms with Crippen LogP contribution in [0.4, 0.5) is 0 Å². The molecule has 0 radical (unpaired) electrons. The van der Waals surface area contributed by atoms with Gasteiger partial charge in [-0.15, -0.1) is 0 Å². The Kier molecular flexibility index (Phi) is 4.95.